The molecule has 0 aliphatic rings. The monoisotopic (exact) mass is 316 g/mol. The van der Waals surface area contributed by atoms with Crippen molar-refractivity contribution >= 4 is 15.9 Å². The molecule has 0 aliphatic carbocycles. The summed E-state index contributed by atoms with van der Waals surface area (Å²) in [4.78, 5) is 2.23. The van der Waals surface area contributed by atoms with Crippen molar-refractivity contribution in [2.24, 2.45) is 7.05 Å². The molecule has 104 valence electrons. The summed E-state index contributed by atoms with van der Waals surface area (Å²) in [5, 5.41) is 8.06. The summed E-state index contributed by atoms with van der Waals surface area (Å²) in [6, 6.07) is 0.464. The third-order valence-electron chi connectivity index (χ3n) is 2.97. The first-order valence-corrected chi connectivity index (χ1v) is 7.31. The van der Waals surface area contributed by atoms with Gasteiger partial charge in [0.25, 0.3) is 0 Å². The molecular weight excluding hydrogens is 292 g/mol. The van der Waals surface area contributed by atoms with E-state index in [1.165, 1.54) is 5.69 Å². The number of hydrogen-bond donors (Lipinski definition) is 1. The predicted octanol–water partition coefficient (Wildman–Crippen LogP) is 1.96. The Balaban J connectivity index is 2.74. The van der Waals surface area contributed by atoms with Gasteiger partial charge < -0.3 is 10.2 Å². The molecule has 0 bridgehead atoms. The van der Waals surface area contributed by atoms with Crippen LogP contribution in [0.1, 0.15) is 24.7 Å². The fourth-order valence-corrected chi connectivity index (χ4v) is 2.62. The molecule has 18 heavy (non-hydrogen) atoms. The van der Waals surface area contributed by atoms with E-state index in [2.05, 4.69) is 52.3 Å². The Hall–Kier alpha value is -0.390. The summed E-state index contributed by atoms with van der Waals surface area (Å²) in [6.07, 6.45) is 2.16. The van der Waals surface area contributed by atoms with Crippen molar-refractivity contribution in [1.82, 2.24) is 20.0 Å². The van der Waals surface area contributed by atoms with Crippen molar-refractivity contribution in [1.29, 1.82) is 0 Å². The molecule has 1 unspecified atom stereocenters. The molecule has 0 aromatic carbocycles. The smallest absolute Gasteiger partial charge is 0.0738 e. The minimum Gasteiger partial charge on any atom is -0.312 e. The van der Waals surface area contributed by atoms with Crippen molar-refractivity contribution in [3.8, 4) is 0 Å². The van der Waals surface area contributed by atoms with Crippen LogP contribution in [-0.4, -0.2) is 47.9 Å². The summed E-state index contributed by atoms with van der Waals surface area (Å²) in [5.41, 5.74) is 2.33. The van der Waals surface area contributed by atoms with E-state index >= 15 is 0 Å². The highest BCUT2D eigenvalue weighted by molar-refractivity contribution is 9.10. The van der Waals surface area contributed by atoms with Crippen molar-refractivity contribution in [3.63, 3.8) is 0 Å². The number of nitrogens with zero attached hydrogens (tertiary/aromatic N) is 3. The topological polar surface area (TPSA) is 33.1 Å². The number of likely N-dealkylation sites (N-methyl/N-ethyl adjacent to an activating group) is 1. The molecule has 1 rings (SSSR count). The normalized spacial score (nSPS) is 13.3. The van der Waals surface area contributed by atoms with E-state index in [4.69, 9.17) is 0 Å². The fourth-order valence-electron chi connectivity index (χ4n) is 2.13. The first-order valence-electron chi connectivity index (χ1n) is 6.51. The van der Waals surface area contributed by atoms with E-state index in [0.717, 1.165) is 36.1 Å². The Morgan fingerprint density at radius 3 is 2.56 bits per heavy atom. The molecule has 0 aliphatic heterocycles. The highest BCUT2D eigenvalue weighted by atomic mass is 79.9. The van der Waals surface area contributed by atoms with Gasteiger partial charge in [0.1, 0.15) is 0 Å². The zero-order valence-electron chi connectivity index (χ0n) is 12.1. The number of aryl methyl sites for hydroxylation is 2. The highest BCUT2D eigenvalue weighted by Gasteiger charge is 2.16. The maximum Gasteiger partial charge on any atom is 0.0738 e. The van der Waals surface area contributed by atoms with Crippen LogP contribution < -0.4 is 5.32 Å². The molecule has 5 heteroatoms. The van der Waals surface area contributed by atoms with Crippen molar-refractivity contribution < 1.29 is 0 Å². The Morgan fingerprint density at radius 1 is 1.44 bits per heavy atom. The maximum absolute atomic E-state index is 4.45. The second kappa shape index (κ2) is 7.26. The lowest BCUT2D eigenvalue weighted by Crippen LogP contribution is -2.40. The van der Waals surface area contributed by atoms with E-state index in [0.29, 0.717) is 6.04 Å². The lowest BCUT2D eigenvalue weighted by molar-refractivity contribution is 0.332. The van der Waals surface area contributed by atoms with E-state index in [1.54, 1.807) is 0 Å². The molecular formula is C13H25BrN4. The van der Waals surface area contributed by atoms with Crippen LogP contribution in [0.3, 0.4) is 0 Å². The molecule has 0 saturated carbocycles. The molecule has 4 nitrogen and oxygen atoms in total. The Kier molecular flexibility index (Phi) is 6.32. The van der Waals surface area contributed by atoms with Gasteiger partial charge in [-0.1, -0.05) is 6.92 Å². The number of aromatic nitrogens is 2. The molecule has 1 aromatic rings. The van der Waals surface area contributed by atoms with Crippen LogP contribution in [0.5, 0.6) is 0 Å². The van der Waals surface area contributed by atoms with Crippen LogP contribution in [0.15, 0.2) is 4.47 Å². The minimum absolute atomic E-state index is 0.464. The summed E-state index contributed by atoms with van der Waals surface area (Å²) in [5.74, 6) is 0. The number of nitrogens with one attached hydrogen (secondary N) is 1. The lowest BCUT2D eigenvalue weighted by atomic mass is 10.1. The van der Waals surface area contributed by atoms with E-state index in [1.807, 2.05) is 18.7 Å². The van der Waals surface area contributed by atoms with Crippen LogP contribution in [0.25, 0.3) is 0 Å². The van der Waals surface area contributed by atoms with E-state index < -0.39 is 0 Å². The molecule has 1 atom stereocenters. The van der Waals surface area contributed by atoms with Crippen LogP contribution in [-0.2, 0) is 13.5 Å². The molecule has 1 heterocycles. The largest absolute Gasteiger partial charge is 0.312 e. The SMILES string of the molecule is CCCNC(Cc1c(Br)c(C)nn1C)CN(C)C. The van der Waals surface area contributed by atoms with Gasteiger partial charge in [0, 0.05) is 26.1 Å². The average Bonchev–Trinajstić information content (AvgIpc) is 2.52. The maximum atomic E-state index is 4.45. The predicted molar refractivity (Wildman–Crippen MR) is 80.0 cm³/mol. The van der Waals surface area contributed by atoms with Gasteiger partial charge in [-0.3, -0.25) is 4.68 Å². The van der Waals surface area contributed by atoms with E-state index in [9.17, 15) is 0 Å². The van der Waals surface area contributed by atoms with Gasteiger partial charge in [0.15, 0.2) is 0 Å². The lowest BCUT2D eigenvalue weighted by Gasteiger charge is -2.22. The number of halogens is 1. The molecule has 0 saturated heterocycles. The summed E-state index contributed by atoms with van der Waals surface area (Å²) in [6.45, 7) is 6.33. The molecule has 0 fully saturated rings. The second-order valence-corrected chi connectivity index (χ2v) is 5.88. The zero-order chi connectivity index (χ0) is 13.7. The van der Waals surface area contributed by atoms with Gasteiger partial charge in [-0.25, -0.2) is 0 Å². The second-order valence-electron chi connectivity index (χ2n) is 5.09. The van der Waals surface area contributed by atoms with Gasteiger partial charge in [0.05, 0.1) is 15.9 Å². The number of rotatable bonds is 7. The zero-order valence-corrected chi connectivity index (χ0v) is 13.7. The van der Waals surface area contributed by atoms with Gasteiger partial charge in [-0.15, -0.1) is 0 Å². The molecule has 0 spiro atoms. The molecule has 0 radical (unpaired) electrons. The van der Waals surface area contributed by atoms with Crippen molar-refractivity contribution in [2.75, 3.05) is 27.2 Å². The van der Waals surface area contributed by atoms with Crippen molar-refractivity contribution in [3.05, 3.63) is 15.9 Å². The minimum atomic E-state index is 0.464. The van der Waals surface area contributed by atoms with Gasteiger partial charge in [-0.2, -0.15) is 5.10 Å². The van der Waals surface area contributed by atoms with Gasteiger partial charge in [-0.05, 0) is 49.9 Å². The Morgan fingerprint density at radius 2 is 2.11 bits per heavy atom. The van der Waals surface area contributed by atoms with Gasteiger partial charge >= 0.3 is 0 Å². The molecule has 0 amide bonds. The summed E-state index contributed by atoms with van der Waals surface area (Å²) >= 11 is 3.64. The standard InChI is InChI=1S/C13H25BrN4/c1-6-7-15-11(9-17(3)4)8-12-13(14)10(2)16-18(12)5/h11,15H,6-9H2,1-5H3. The Bertz CT molecular complexity index is 373. The van der Waals surface area contributed by atoms with Crippen LogP contribution in [0, 0.1) is 6.92 Å². The quantitative estimate of drug-likeness (QED) is 0.835. The first-order chi connectivity index (χ1) is 8.45. The third kappa shape index (κ3) is 4.37. The Labute approximate surface area is 119 Å². The highest BCUT2D eigenvalue weighted by Crippen LogP contribution is 2.21. The fraction of sp³-hybridized carbons (Fsp3) is 0.769. The van der Waals surface area contributed by atoms with Crippen LogP contribution >= 0.6 is 15.9 Å². The number of hydrogen-bond acceptors (Lipinski definition) is 3. The molecule has 1 N–H and O–H groups in total. The summed E-state index contributed by atoms with van der Waals surface area (Å²) < 4.78 is 3.13. The van der Waals surface area contributed by atoms with Gasteiger partial charge in [0.2, 0.25) is 0 Å². The first kappa shape index (κ1) is 15.7. The van der Waals surface area contributed by atoms with Crippen LogP contribution in [0.2, 0.25) is 0 Å². The van der Waals surface area contributed by atoms with Crippen LogP contribution in [0.4, 0.5) is 0 Å². The average molecular weight is 317 g/mol. The third-order valence-corrected chi connectivity index (χ3v) is 4.00. The molecule has 1 aromatic heterocycles. The summed E-state index contributed by atoms with van der Waals surface area (Å²) in [7, 11) is 6.24. The van der Waals surface area contributed by atoms with E-state index in [-0.39, 0.29) is 0 Å². The van der Waals surface area contributed by atoms with Crippen molar-refractivity contribution in [2.45, 2.75) is 32.7 Å².